The van der Waals surface area contributed by atoms with Crippen molar-refractivity contribution in [3.05, 3.63) is 39.9 Å². The molecule has 0 bridgehead atoms. The summed E-state index contributed by atoms with van der Waals surface area (Å²) in [6.07, 6.45) is 1.11. The third-order valence-corrected chi connectivity index (χ3v) is 7.30. The third kappa shape index (κ3) is 6.14. The van der Waals surface area contributed by atoms with Crippen molar-refractivity contribution in [3.63, 3.8) is 0 Å². The number of fused-ring (bicyclic) bond motifs is 1. The Labute approximate surface area is 230 Å². The number of carbonyl (C=O) groups is 2. The summed E-state index contributed by atoms with van der Waals surface area (Å²) in [7, 11) is 4.25. The summed E-state index contributed by atoms with van der Waals surface area (Å²) in [4.78, 5) is 38.0. The third-order valence-electron chi connectivity index (χ3n) is 6.59. The molecular formula is C26H32N6O6S. The molecule has 0 saturated carbocycles. The fraction of sp³-hybridized carbons (Fsp3) is 0.423. The minimum Gasteiger partial charge on any atom is -0.479 e. The van der Waals surface area contributed by atoms with Crippen molar-refractivity contribution in [2.24, 2.45) is 0 Å². The second-order valence-corrected chi connectivity index (χ2v) is 10.6. The monoisotopic (exact) mass is 556 g/mol. The van der Waals surface area contributed by atoms with E-state index < -0.39 is 12.0 Å². The molecule has 12 nitrogen and oxygen atoms in total. The summed E-state index contributed by atoms with van der Waals surface area (Å²) in [5, 5.41) is 16.5. The molecule has 39 heavy (non-hydrogen) atoms. The number of carboxylic acid groups (broad SMARTS) is 1. The second-order valence-electron chi connectivity index (χ2n) is 9.79. The minimum atomic E-state index is -1.05. The van der Waals surface area contributed by atoms with Crippen LogP contribution in [0.5, 0.6) is 22.7 Å². The van der Waals surface area contributed by atoms with E-state index in [1.807, 2.05) is 6.92 Å². The SMILES string of the molecule is COc1nc(NCCN(C)C(=O)O)nc(OC)c1NC(=O)c1csc(Oc2cc3c(cc2C)CCC3(C)C)n1. The van der Waals surface area contributed by atoms with Crippen LogP contribution in [-0.2, 0) is 11.8 Å². The predicted molar refractivity (Wildman–Crippen MR) is 147 cm³/mol. The fourth-order valence-corrected chi connectivity index (χ4v) is 4.95. The van der Waals surface area contributed by atoms with Crippen LogP contribution in [0, 0.1) is 6.92 Å². The average Bonchev–Trinajstić information content (AvgIpc) is 3.48. The topological polar surface area (TPSA) is 148 Å². The summed E-state index contributed by atoms with van der Waals surface area (Å²) >= 11 is 1.22. The Hall–Kier alpha value is -4.13. The molecule has 1 aliphatic carbocycles. The molecule has 13 heteroatoms. The minimum absolute atomic E-state index is 0.0624. The number of ether oxygens (including phenoxy) is 3. The predicted octanol–water partition coefficient (Wildman–Crippen LogP) is 4.55. The Morgan fingerprint density at radius 1 is 1.15 bits per heavy atom. The number of methoxy groups -OCH3 is 2. The molecule has 208 valence electrons. The van der Waals surface area contributed by atoms with Crippen molar-refractivity contribution >= 4 is 35.0 Å². The van der Waals surface area contributed by atoms with Gasteiger partial charge in [0, 0.05) is 25.5 Å². The highest BCUT2D eigenvalue weighted by molar-refractivity contribution is 7.11. The van der Waals surface area contributed by atoms with Crippen molar-refractivity contribution in [1.82, 2.24) is 19.9 Å². The molecule has 2 aromatic heterocycles. The van der Waals surface area contributed by atoms with Crippen LogP contribution in [0.3, 0.4) is 0 Å². The number of anilines is 2. The highest BCUT2D eigenvalue weighted by Crippen LogP contribution is 2.42. The lowest BCUT2D eigenvalue weighted by Gasteiger charge is -2.20. The highest BCUT2D eigenvalue weighted by atomic mass is 32.1. The van der Waals surface area contributed by atoms with Crippen molar-refractivity contribution in [3.8, 4) is 22.7 Å². The molecule has 0 fully saturated rings. The summed E-state index contributed by atoms with van der Waals surface area (Å²) in [5.74, 6) is 0.480. The molecule has 3 N–H and O–H groups in total. The van der Waals surface area contributed by atoms with Gasteiger partial charge in [-0.1, -0.05) is 31.3 Å². The molecule has 0 atom stereocenters. The van der Waals surface area contributed by atoms with Crippen LogP contribution in [-0.4, -0.2) is 71.3 Å². The van der Waals surface area contributed by atoms with Crippen molar-refractivity contribution in [1.29, 1.82) is 0 Å². The first kappa shape index (κ1) is 27.9. The quantitative estimate of drug-likeness (QED) is 0.325. The van der Waals surface area contributed by atoms with Crippen LogP contribution in [0.4, 0.5) is 16.4 Å². The molecule has 2 heterocycles. The number of aromatic nitrogens is 3. The van der Waals surface area contributed by atoms with Crippen molar-refractivity contribution < 1.29 is 28.9 Å². The van der Waals surface area contributed by atoms with E-state index in [2.05, 4.69) is 51.6 Å². The molecular weight excluding hydrogens is 524 g/mol. The average molecular weight is 557 g/mol. The molecule has 0 radical (unpaired) electrons. The van der Waals surface area contributed by atoms with Gasteiger partial charge in [-0.15, -0.1) is 0 Å². The molecule has 1 aromatic carbocycles. The van der Waals surface area contributed by atoms with Gasteiger partial charge >= 0.3 is 6.09 Å². The summed E-state index contributed by atoms with van der Waals surface area (Å²) in [6, 6.07) is 4.25. The largest absolute Gasteiger partial charge is 0.479 e. The Morgan fingerprint density at radius 2 is 1.85 bits per heavy atom. The Bertz CT molecular complexity index is 1370. The molecule has 1 aliphatic rings. The number of likely N-dealkylation sites (N-methyl/N-ethyl adjacent to an activating group) is 1. The number of amides is 2. The highest BCUT2D eigenvalue weighted by Gasteiger charge is 2.31. The number of aryl methyl sites for hydroxylation is 2. The van der Waals surface area contributed by atoms with Crippen LogP contribution in [0.2, 0.25) is 0 Å². The first-order valence-corrected chi connectivity index (χ1v) is 13.2. The number of hydrogen-bond acceptors (Lipinski definition) is 10. The standard InChI is InChI=1S/C26H32N6O6S/c1-14-11-15-7-8-26(2,3)16(15)12-18(14)38-24-28-17(13-39-24)20(33)29-19-21(36-5)30-23(31-22(19)37-6)27-9-10-32(4)25(34)35/h11-13H,7-10H2,1-6H3,(H,29,33)(H,34,35)(H,27,30,31). The van der Waals surface area contributed by atoms with Crippen LogP contribution in [0.15, 0.2) is 17.5 Å². The molecule has 2 amide bonds. The van der Waals surface area contributed by atoms with E-state index in [9.17, 15) is 9.59 Å². The van der Waals surface area contributed by atoms with E-state index in [0.717, 1.165) is 29.1 Å². The number of rotatable bonds is 10. The lowest BCUT2D eigenvalue weighted by Crippen LogP contribution is -2.30. The van der Waals surface area contributed by atoms with E-state index in [1.165, 1.54) is 43.7 Å². The first-order chi connectivity index (χ1) is 18.5. The van der Waals surface area contributed by atoms with Gasteiger partial charge in [-0.25, -0.2) is 4.79 Å². The molecule has 0 saturated heterocycles. The van der Waals surface area contributed by atoms with E-state index in [-0.39, 0.29) is 47.6 Å². The van der Waals surface area contributed by atoms with Crippen LogP contribution in [0.1, 0.15) is 47.4 Å². The summed E-state index contributed by atoms with van der Waals surface area (Å²) < 4.78 is 16.8. The van der Waals surface area contributed by atoms with E-state index in [0.29, 0.717) is 5.19 Å². The number of nitrogens with one attached hydrogen (secondary N) is 2. The van der Waals surface area contributed by atoms with Gasteiger partial charge in [0.05, 0.1) is 14.2 Å². The van der Waals surface area contributed by atoms with Gasteiger partial charge in [-0.05, 0) is 47.9 Å². The number of carbonyl (C=O) groups excluding carboxylic acids is 1. The number of nitrogens with zero attached hydrogens (tertiary/aromatic N) is 4. The Balaban J connectivity index is 1.48. The van der Waals surface area contributed by atoms with Crippen molar-refractivity contribution in [2.45, 2.75) is 39.0 Å². The van der Waals surface area contributed by atoms with E-state index >= 15 is 0 Å². The Kier molecular flexibility index (Phi) is 8.09. The fourth-order valence-electron chi connectivity index (χ4n) is 4.29. The lowest BCUT2D eigenvalue weighted by molar-refractivity contribution is 0.102. The maximum absolute atomic E-state index is 13.1. The van der Waals surface area contributed by atoms with Crippen LogP contribution < -0.4 is 24.8 Å². The second kappa shape index (κ2) is 11.3. The van der Waals surface area contributed by atoms with Gasteiger partial charge in [0.15, 0.2) is 5.69 Å². The first-order valence-electron chi connectivity index (χ1n) is 12.3. The van der Waals surface area contributed by atoms with Crippen molar-refractivity contribution in [2.75, 3.05) is 45.0 Å². The van der Waals surface area contributed by atoms with Crippen LogP contribution in [0.25, 0.3) is 0 Å². The van der Waals surface area contributed by atoms with Gasteiger partial charge < -0.3 is 34.9 Å². The molecule has 0 unspecified atom stereocenters. The number of thiazole rings is 1. The number of benzene rings is 1. The van der Waals surface area contributed by atoms with Gasteiger partial charge in [0.25, 0.3) is 11.1 Å². The zero-order valence-corrected chi connectivity index (χ0v) is 23.6. The zero-order valence-electron chi connectivity index (χ0n) is 22.7. The van der Waals surface area contributed by atoms with Gasteiger partial charge in [-0.3, -0.25) is 4.79 Å². The summed E-state index contributed by atoms with van der Waals surface area (Å²) in [6.45, 7) is 6.93. The van der Waals surface area contributed by atoms with Gasteiger partial charge in [0.2, 0.25) is 17.7 Å². The maximum atomic E-state index is 13.1. The van der Waals surface area contributed by atoms with Gasteiger partial charge in [-0.2, -0.15) is 15.0 Å². The van der Waals surface area contributed by atoms with Gasteiger partial charge in [0.1, 0.15) is 11.4 Å². The maximum Gasteiger partial charge on any atom is 0.407 e. The molecule has 0 spiro atoms. The number of hydrogen-bond donors (Lipinski definition) is 3. The van der Waals surface area contributed by atoms with E-state index in [1.54, 1.807) is 5.38 Å². The molecule has 4 rings (SSSR count). The lowest BCUT2D eigenvalue weighted by atomic mass is 9.86. The summed E-state index contributed by atoms with van der Waals surface area (Å²) in [5.41, 5.74) is 4.02. The zero-order chi connectivity index (χ0) is 28.3. The smallest absolute Gasteiger partial charge is 0.407 e. The Morgan fingerprint density at radius 3 is 2.49 bits per heavy atom. The normalized spacial score (nSPS) is 13.4. The van der Waals surface area contributed by atoms with Crippen LogP contribution >= 0.6 is 11.3 Å². The van der Waals surface area contributed by atoms with E-state index in [4.69, 9.17) is 19.3 Å². The molecule has 3 aromatic rings. The molecule has 0 aliphatic heterocycles.